The van der Waals surface area contributed by atoms with Gasteiger partial charge < -0.3 is 4.57 Å². The van der Waals surface area contributed by atoms with E-state index in [2.05, 4.69) is 20.5 Å². The molecule has 0 unspecified atom stereocenters. The number of benzene rings is 1. The minimum atomic E-state index is -0.176. The van der Waals surface area contributed by atoms with E-state index in [0.29, 0.717) is 6.04 Å². The first-order valence-corrected chi connectivity index (χ1v) is 5.50. The Bertz CT molecular complexity index is 499. The minimum Gasteiger partial charge on any atom is -0.344 e. The molecule has 0 N–H and O–H groups in total. The van der Waals surface area contributed by atoms with Crippen LogP contribution in [0.2, 0.25) is 0 Å². The van der Waals surface area contributed by atoms with Crippen molar-refractivity contribution in [3.63, 3.8) is 0 Å². The van der Waals surface area contributed by atoms with Gasteiger partial charge in [0.05, 0.1) is 5.52 Å². The Hall–Kier alpha value is -0.830. The van der Waals surface area contributed by atoms with Crippen molar-refractivity contribution in [1.29, 1.82) is 0 Å². The van der Waals surface area contributed by atoms with Crippen molar-refractivity contribution in [2.75, 3.05) is 0 Å². The van der Waals surface area contributed by atoms with Crippen molar-refractivity contribution in [2.45, 2.75) is 18.9 Å². The molecule has 2 aromatic rings. The number of fused-ring (bicyclic) bond motifs is 1. The van der Waals surface area contributed by atoms with Gasteiger partial charge in [-0.05, 0) is 47.0 Å². The molecule has 0 atom stereocenters. The van der Waals surface area contributed by atoms with Crippen molar-refractivity contribution in [2.24, 2.45) is 0 Å². The number of rotatable bonds is 1. The lowest BCUT2D eigenvalue weighted by molar-refractivity contribution is 0.627. The second-order valence-corrected chi connectivity index (χ2v) is 4.63. The highest BCUT2D eigenvalue weighted by atomic mass is 79.9. The van der Waals surface area contributed by atoms with E-state index in [0.717, 1.165) is 15.4 Å². The van der Waals surface area contributed by atoms with Crippen LogP contribution in [0.25, 0.3) is 10.9 Å². The summed E-state index contributed by atoms with van der Waals surface area (Å²) in [6, 6.07) is 5.76. The normalized spacial score (nSPS) is 16.4. The highest BCUT2D eigenvalue weighted by molar-refractivity contribution is 9.10. The molecule has 0 aliphatic heterocycles. The fourth-order valence-electron chi connectivity index (χ4n) is 1.86. The zero-order valence-corrected chi connectivity index (χ0v) is 9.09. The van der Waals surface area contributed by atoms with E-state index >= 15 is 0 Å². The number of aromatic nitrogens is 1. The Balaban J connectivity index is 2.33. The summed E-state index contributed by atoms with van der Waals surface area (Å²) >= 11 is 3.38. The standard InChI is InChI=1S/C11H9BrFN/c12-10-5-7(13)6-11-9(10)3-4-14(11)8-1-2-8/h3-6,8H,1-2H2. The van der Waals surface area contributed by atoms with Crippen LogP contribution in [0, 0.1) is 5.82 Å². The van der Waals surface area contributed by atoms with Crippen LogP contribution >= 0.6 is 15.9 Å². The molecule has 1 saturated carbocycles. The van der Waals surface area contributed by atoms with Gasteiger partial charge in [0.2, 0.25) is 0 Å². The average Bonchev–Trinajstić information content (AvgIpc) is 2.87. The van der Waals surface area contributed by atoms with Gasteiger partial charge in [-0.25, -0.2) is 4.39 Å². The molecule has 1 aliphatic carbocycles. The maximum Gasteiger partial charge on any atom is 0.126 e. The Morgan fingerprint density at radius 3 is 2.86 bits per heavy atom. The lowest BCUT2D eigenvalue weighted by Gasteiger charge is -2.03. The highest BCUT2D eigenvalue weighted by Crippen LogP contribution is 2.39. The summed E-state index contributed by atoms with van der Waals surface area (Å²) in [7, 11) is 0. The summed E-state index contributed by atoms with van der Waals surface area (Å²) in [4.78, 5) is 0. The first kappa shape index (κ1) is 8.48. The van der Waals surface area contributed by atoms with E-state index < -0.39 is 0 Å². The second kappa shape index (κ2) is 2.83. The van der Waals surface area contributed by atoms with Gasteiger partial charge in [-0.15, -0.1) is 0 Å². The summed E-state index contributed by atoms with van der Waals surface area (Å²) in [5.41, 5.74) is 0.999. The predicted octanol–water partition coefficient (Wildman–Crippen LogP) is 3.88. The van der Waals surface area contributed by atoms with Crippen LogP contribution in [0.3, 0.4) is 0 Å². The Morgan fingerprint density at radius 1 is 1.36 bits per heavy atom. The topological polar surface area (TPSA) is 4.93 Å². The molecule has 1 aromatic carbocycles. The van der Waals surface area contributed by atoms with Crippen molar-refractivity contribution >= 4 is 26.8 Å². The number of hydrogen-bond donors (Lipinski definition) is 0. The van der Waals surface area contributed by atoms with Crippen molar-refractivity contribution < 1.29 is 4.39 Å². The van der Waals surface area contributed by atoms with Crippen molar-refractivity contribution in [3.05, 3.63) is 34.7 Å². The molecule has 0 radical (unpaired) electrons. The fourth-order valence-corrected chi connectivity index (χ4v) is 2.41. The molecule has 14 heavy (non-hydrogen) atoms. The molecule has 0 bridgehead atoms. The zero-order chi connectivity index (χ0) is 9.71. The van der Waals surface area contributed by atoms with Crippen LogP contribution in [-0.4, -0.2) is 4.57 Å². The van der Waals surface area contributed by atoms with Gasteiger partial charge in [0.25, 0.3) is 0 Å². The molecule has 1 aromatic heterocycles. The summed E-state index contributed by atoms with van der Waals surface area (Å²) in [6.45, 7) is 0. The molecule has 1 nitrogen and oxygen atoms in total. The van der Waals surface area contributed by atoms with E-state index in [1.54, 1.807) is 6.07 Å². The monoisotopic (exact) mass is 253 g/mol. The number of halogens is 2. The summed E-state index contributed by atoms with van der Waals surface area (Å²) in [6.07, 6.45) is 4.49. The van der Waals surface area contributed by atoms with Gasteiger partial charge in [0, 0.05) is 22.1 Å². The number of nitrogens with zero attached hydrogens (tertiary/aromatic N) is 1. The van der Waals surface area contributed by atoms with E-state index in [-0.39, 0.29) is 5.82 Å². The molecule has 1 heterocycles. The van der Waals surface area contributed by atoms with Crippen LogP contribution in [-0.2, 0) is 0 Å². The van der Waals surface area contributed by atoms with E-state index in [1.807, 2.05) is 12.3 Å². The van der Waals surface area contributed by atoms with Crippen LogP contribution in [0.1, 0.15) is 18.9 Å². The molecule has 0 spiro atoms. The van der Waals surface area contributed by atoms with Gasteiger partial charge in [0.1, 0.15) is 5.82 Å². The van der Waals surface area contributed by atoms with Crippen LogP contribution in [0.4, 0.5) is 4.39 Å². The Labute approximate surface area is 89.7 Å². The lowest BCUT2D eigenvalue weighted by atomic mass is 10.2. The third-order valence-corrected chi connectivity index (χ3v) is 3.35. The summed E-state index contributed by atoms with van der Waals surface area (Å²) < 4.78 is 16.2. The van der Waals surface area contributed by atoms with Crippen LogP contribution in [0.5, 0.6) is 0 Å². The minimum absolute atomic E-state index is 0.176. The first-order valence-electron chi connectivity index (χ1n) is 4.71. The molecule has 1 fully saturated rings. The third-order valence-electron chi connectivity index (χ3n) is 2.69. The highest BCUT2D eigenvalue weighted by Gasteiger charge is 2.24. The molecule has 3 rings (SSSR count). The van der Waals surface area contributed by atoms with Gasteiger partial charge >= 0.3 is 0 Å². The van der Waals surface area contributed by atoms with E-state index in [9.17, 15) is 4.39 Å². The molecular formula is C11H9BrFN. The van der Waals surface area contributed by atoms with Gasteiger partial charge in [-0.2, -0.15) is 0 Å². The molecule has 0 amide bonds. The van der Waals surface area contributed by atoms with Crippen LogP contribution < -0.4 is 0 Å². The average molecular weight is 254 g/mol. The molecule has 0 saturated heterocycles. The lowest BCUT2D eigenvalue weighted by Crippen LogP contribution is -1.90. The summed E-state index contributed by atoms with van der Waals surface area (Å²) in [5.74, 6) is -0.176. The SMILES string of the molecule is Fc1cc(Br)c2ccn(C3CC3)c2c1. The first-order chi connectivity index (χ1) is 6.75. The maximum atomic E-state index is 13.2. The van der Waals surface area contributed by atoms with E-state index in [4.69, 9.17) is 0 Å². The second-order valence-electron chi connectivity index (χ2n) is 3.77. The van der Waals surface area contributed by atoms with Gasteiger partial charge in [0.15, 0.2) is 0 Å². The molecule has 72 valence electrons. The zero-order valence-electron chi connectivity index (χ0n) is 7.50. The quantitative estimate of drug-likeness (QED) is 0.727. The molecular weight excluding hydrogens is 245 g/mol. The molecule has 3 heteroatoms. The Morgan fingerprint density at radius 2 is 2.14 bits per heavy atom. The largest absolute Gasteiger partial charge is 0.344 e. The maximum absolute atomic E-state index is 13.2. The number of hydrogen-bond acceptors (Lipinski definition) is 0. The smallest absolute Gasteiger partial charge is 0.126 e. The van der Waals surface area contributed by atoms with Gasteiger partial charge in [-0.3, -0.25) is 0 Å². The Kier molecular flexibility index (Phi) is 1.71. The van der Waals surface area contributed by atoms with Gasteiger partial charge in [-0.1, -0.05) is 0 Å². The fraction of sp³-hybridized carbons (Fsp3) is 0.273. The van der Waals surface area contributed by atoms with Crippen molar-refractivity contribution in [3.8, 4) is 0 Å². The summed E-state index contributed by atoms with van der Waals surface area (Å²) in [5, 5.41) is 1.10. The van der Waals surface area contributed by atoms with Crippen molar-refractivity contribution in [1.82, 2.24) is 4.57 Å². The van der Waals surface area contributed by atoms with E-state index in [1.165, 1.54) is 18.9 Å². The third kappa shape index (κ3) is 1.19. The molecule has 1 aliphatic rings. The predicted molar refractivity (Wildman–Crippen MR) is 57.9 cm³/mol. The van der Waals surface area contributed by atoms with Crippen LogP contribution in [0.15, 0.2) is 28.9 Å².